The summed E-state index contributed by atoms with van der Waals surface area (Å²) >= 11 is 0. The van der Waals surface area contributed by atoms with Crippen molar-refractivity contribution in [1.29, 1.82) is 0 Å². The molecule has 0 saturated carbocycles. The van der Waals surface area contributed by atoms with Crippen molar-refractivity contribution in [2.75, 3.05) is 7.11 Å². The van der Waals surface area contributed by atoms with E-state index in [4.69, 9.17) is 4.74 Å². The maximum absolute atomic E-state index is 11.5. The van der Waals surface area contributed by atoms with Crippen LogP contribution < -0.4 is 4.74 Å². The minimum atomic E-state index is -0.979. The lowest BCUT2D eigenvalue weighted by molar-refractivity contribution is 0.0697. The number of hydrogen-bond acceptors (Lipinski definition) is 3. The summed E-state index contributed by atoms with van der Waals surface area (Å²) in [7, 11) is 1.57. The molecular weight excluding hydrogens is 268 g/mol. The second-order valence-electron chi connectivity index (χ2n) is 4.85. The van der Waals surface area contributed by atoms with Crippen LogP contribution in [0.25, 0.3) is 11.3 Å². The van der Waals surface area contributed by atoms with Crippen LogP contribution in [0.4, 0.5) is 0 Å². The van der Waals surface area contributed by atoms with Gasteiger partial charge in [-0.3, -0.25) is 4.68 Å². The first-order valence-corrected chi connectivity index (χ1v) is 7.08. The Labute approximate surface area is 124 Å². The average Bonchev–Trinajstić information content (AvgIpc) is 2.93. The minimum absolute atomic E-state index is 0.200. The molecule has 1 heterocycles. The van der Waals surface area contributed by atoms with E-state index in [1.54, 1.807) is 24.1 Å². The van der Waals surface area contributed by atoms with Crippen LogP contribution in [0.1, 0.15) is 43.1 Å². The van der Waals surface area contributed by atoms with Crippen molar-refractivity contribution in [2.24, 2.45) is 0 Å². The quantitative estimate of drug-likeness (QED) is 0.881. The van der Waals surface area contributed by atoms with Crippen LogP contribution in [0.3, 0.4) is 0 Å². The van der Waals surface area contributed by atoms with E-state index in [0.29, 0.717) is 17.0 Å². The van der Waals surface area contributed by atoms with Gasteiger partial charge in [-0.1, -0.05) is 26.0 Å². The average molecular weight is 288 g/mol. The Morgan fingerprint density at radius 1 is 1.33 bits per heavy atom. The number of carboxylic acid groups (broad SMARTS) is 1. The van der Waals surface area contributed by atoms with E-state index in [2.05, 4.69) is 18.9 Å². The molecule has 0 unspecified atom stereocenters. The van der Waals surface area contributed by atoms with Crippen molar-refractivity contribution in [1.82, 2.24) is 9.78 Å². The Bertz CT molecular complexity index is 630. The van der Waals surface area contributed by atoms with Crippen molar-refractivity contribution >= 4 is 5.97 Å². The van der Waals surface area contributed by atoms with Crippen LogP contribution in [0, 0.1) is 0 Å². The number of ether oxygens (including phenoxy) is 1. The number of hydrogen-bond donors (Lipinski definition) is 1. The largest absolute Gasteiger partial charge is 0.496 e. The summed E-state index contributed by atoms with van der Waals surface area (Å²) in [6.07, 6.45) is 3.42. The molecule has 0 amide bonds. The minimum Gasteiger partial charge on any atom is -0.496 e. The van der Waals surface area contributed by atoms with Gasteiger partial charge < -0.3 is 9.84 Å². The maximum Gasteiger partial charge on any atom is 0.339 e. The lowest BCUT2D eigenvalue weighted by Gasteiger charge is -2.12. The van der Waals surface area contributed by atoms with Crippen LogP contribution in [-0.2, 0) is 0 Å². The smallest absolute Gasteiger partial charge is 0.339 e. The number of para-hydroxylation sites is 1. The lowest BCUT2D eigenvalue weighted by Crippen LogP contribution is -2.07. The summed E-state index contributed by atoms with van der Waals surface area (Å²) in [5.74, 6) is -0.358. The number of carboxylic acids is 1. The molecule has 21 heavy (non-hydrogen) atoms. The van der Waals surface area contributed by atoms with Crippen molar-refractivity contribution in [3.05, 3.63) is 36.0 Å². The number of aromatic nitrogens is 2. The number of aromatic carboxylic acids is 1. The fraction of sp³-hybridized carbons (Fsp3) is 0.375. The first-order valence-electron chi connectivity index (χ1n) is 7.08. The predicted molar refractivity (Wildman–Crippen MR) is 80.8 cm³/mol. The third kappa shape index (κ3) is 2.91. The highest BCUT2D eigenvalue weighted by atomic mass is 16.5. The molecule has 5 heteroatoms. The first-order chi connectivity index (χ1) is 10.1. The maximum atomic E-state index is 11.5. The second kappa shape index (κ2) is 6.43. The van der Waals surface area contributed by atoms with E-state index in [1.807, 2.05) is 18.2 Å². The van der Waals surface area contributed by atoms with Gasteiger partial charge in [0, 0.05) is 11.8 Å². The van der Waals surface area contributed by atoms with Gasteiger partial charge in [-0.25, -0.2) is 4.79 Å². The SMILES string of the molecule is CCC(CC)n1cc(C(=O)O)c(-c2ccccc2OC)n1. The molecule has 0 bridgehead atoms. The van der Waals surface area contributed by atoms with E-state index >= 15 is 0 Å². The van der Waals surface area contributed by atoms with Gasteiger partial charge >= 0.3 is 5.97 Å². The van der Waals surface area contributed by atoms with Gasteiger partial charge in [-0.05, 0) is 25.0 Å². The fourth-order valence-electron chi connectivity index (χ4n) is 2.44. The number of methoxy groups -OCH3 is 1. The molecule has 1 aromatic heterocycles. The Morgan fingerprint density at radius 3 is 2.57 bits per heavy atom. The highest BCUT2D eigenvalue weighted by Gasteiger charge is 2.21. The topological polar surface area (TPSA) is 64.4 Å². The Morgan fingerprint density at radius 2 is 2.00 bits per heavy atom. The van der Waals surface area contributed by atoms with E-state index in [1.165, 1.54) is 0 Å². The van der Waals surface area contributed by atoms with Crippen molar-refractivity contribution < 1.29 is 14.6 Å². The molecule has 112 valence electrons. The molecule has 1 aromatic carbocycles. The number of benzene rings is 1. The monoisotopic (exact) mass is 288 g/mol. The van der Waals surface area contributed by atoms with Gasteiger partial charge in [0.05, 0.1) is 13.2 Å². The molecule has 5 nitrogen and oxygen atoms in total. The van der Waals surface area contributed by atoms with Crippen LogP contribution in [-0.4, -0.2) is 28.0 Å². The molecule has 0 fully saturated rings. The molecule has 0 aliphatic heterocycles. The summed E-state index contributed by atoms with van der Waals surface area (Å²) in [5.41, 5.74) is 1.35. The van der Waals surface area contributed by atoms with Gasteiger partial charge in [0.2, 0.25) is 0 Å². The summed E-state index contributed by atoms with van der Waals surface area (Å²) in [4.78, 5) is 11.5. The number of carbonyl (C=O) groups is 1. The Balaban J connectivity index is 2.59. The molecule has 0 aliphatic rings. The molecular formula is C16H20N2O3. The Kier molecular flexibility index (Phi) is 4.62. The molecule has 0 aliphatic carbocycles. The first kappa shape index (κ1) is 15.1. The van der Waals surface area contributed by atoms with Crippen molar-refractivity contribution in [3.63, 3.8) is 0 Å². The van der Waals surface area contributed by atoms with Crippen LogP contribution in [0.15, 0.2) is 30.5 Å². The third-order valence-electron chi connectivity index (χ3n) is 3.64. The molecule has 0 saturated heterocycles. The molecule has 0 radical (unpaired) electrons. The lowest BCUT2D eigenvalue weighted by atomic mass is 10.1. The zero-order valence-electron chi connectivity index (χ0n) is 12.5. The standard InChI is InChI=1S/C16H20N2O3/c1-4-11(5-2)18-10-13(16(19)20)15(17-18)12-8-6-7-9-14(12)21-3/h6-11H,4-5H2,1-3H3,(H,19,20). The van der Waals surface area contributed by atoms with E-state index in [0.717, 1.165) is 12.8 Å². The fourth-order valence-corrected chi connectivity index (χ4v) is 2.44. The van der Waals surface area contributed by atoms with Gasteiger partial charge in [0.1, 0.15) is 17.0 Å². The summed E-state index contributed by atoms with van der Waals surface area (Å²) in [5, 5.41) is 13.9. The zero-order valence-corrected chi connectivity index (χ0v) is 12.5. The van der Waals surface area contributed by atoms with Gasteiger partial charge in [0.25, 0.3) is 0 Å². The van der Waals surface area contributed by atoms with Gasteiger partial charge in [-0.2, -0.15) is 5.10 Å². The van der Waals surface area contributed by atoms with Gasteiger partial charge in [-0.15, -0.1) is 0 Å². The zero-order chi connectivity index (χ0) is 15.4. The van der Waals surface area contributed by atoms with Crippen LogP contribution >= 0.6 is 0 Å². The summed E-state index contributed by atoms with van der Waals surface area (Å²) in [6.45, 7) is 4.14. The Hall–Kier alpha value is -2.30. The molecule has 2 aromatic rings. The van der Waals surface area contributed by atoms with Crippen molar-refractivity contribution in [3.8, 4) is 17.0 Å². The van der Waals surface area contributed by atoms with Gasteiger partial charge in [0.15, 0.2) is 0 Å². The van der Waals surface area contributed by atoms with Crippen molar-refractivity contribution in [2.45, 2.75) is 32.7 Å². The molecule has 1 N–H and O–H groups in total. The summed E-state index contributed by atoms with van der Waals surface area (Å²) < 4.78 is 7.07. The molecule has 2 rings (SSSR count). The van der Waals surface area contributed by atoms with E-state index in [9.17, 15) is 9.90 Å². The summed E-state index contributed by atoms with van der Waals surface area (Å²) in [6, 6.07) is 7.52. The normalized spacial score (nSPS) is 10.9. The molecule has 0 atom stereocenters. The highest BCUT2D eigenvalue weighted by molar-refractivity contribution is 5.95. The number of rotatable bonds is 6. The van der Waals surface area contributed by atoms with E-state index in [-0.39, 0.29) is 11.6 Å². The van der Waals surface area contributed by atoms with Crippen LogP contribution in [0.5, 0.6) is 5.75 Å². The highest BCUT2D eigenvalue weighted by Crippen LogP contribution is 2.32. The predicted octanol–water partition coefficient (Wildman–Crippen LogP) is 3.62. The van der Waals surface area contributed by atoms with Crippen LogP contribution in [0.2, 0.25) is 0 Å². The molecule has 0 spiro atoms. The second-order valence-corrected chi connectivity index (χ2v) is 4.85. The van der Waals surface area contributed by atoms with E-state index < -0.39 is 5.97 Å². The number of nitrogens with zero attached hydrogens (tertiary/aromatic N) is 2. The third-order valence-corrected chi connectivity index (χ3v) is 3.64.